The second kappa shape index (κ2) is 9.04. The van der Waals surface area contributed by atoms with Gasteiger partial charge in [-0.05, 0) is 48.9 Å². The quantitative estimate of drug-likeness (QED) is 0.391. The van der Waals surface area contributed by atoms with E-state index in [-0.39, 0.29) is 5.97 Å². The SMILES string of the molecule is CC(=O)Oc1ccc(CCCCCCc2ccccc2)cc1. The number of rotatable bonds is 8. The van der Waals surface area contributed by atoms with Gasteiger partial charge in [-0.2, -0.15) is 0 Å². The molecular weight excluding hydrogens is 272 g/mol. The molecule has 0 aromatic heterocycles. The Hall–Kier alpha value is -2.09. The molecular formula is C20H24O2. The fraction of sp³-hybridized carbons (Fsp3) is 0.350. The summed E-state index contributed by atoms with van der Waals surface area (Å²) in [7, 11) is 0. The van der Waals surface area contributed by atoms with E-state index in [1.54, 1.807) is 0 Å². The monoisotopic (exact) mass is 296 g/mol. The molecule has 2 nitrogen and oxygen atoms in total. The van der Waals surface area contributed by atoms with Crippen molar-refractivity contribution in [2.24, 2.45) is 0 Å². The van der Waals surface area contributed by atoms with Gasteiger partial charge in [-0.25, -0.2) is 0 Å². The largest absolute Gasteiger partial charge is 0.427 e. The smallest absolute Gasteiger partial charge is 0.308 e. The molecule has 0 atom stereocenters. The average Bonchev–Trinajstić information content (AvgIpc) is 2.53. The second-order valence-corrected chi connectivity index (χ2v) is 5.64. The molecule has 0 spiro atoms. The Morgan fingerprint density at radius 3 is 1.86 bits per heavy atom. The van der Waals surface area contributed by atoms with Crippen molar-refractivity contribution in [3.63, 3.8) is 0 Å². The highest BCUT2D eigenvalue weighted by molar-refractivity contribution is 5.69. The molecule has 0 bridgehead atoms. The second-order valence-electron chi connectivity index (χ2n) is 5.64. The molecule has 0 saturated carbocycles. The van der Waals surface area contributed by atoms with Crippen LogP contribution in [0.2, 0.25) is 0 Å². The Labute approximate surface area is 133 Å². The molecule has 0 saturated heterocycles. The van der Waals surface area contributed by atoms with Gasteiger partial charge in [0, 0.05) is 6.92 Å². The molecule has 22 heavy (non-hydrogen) atoms. The van der Waals surface area contributed by atoms with Crippen LogP contribution in [0.5, 0.6) is 5.75 Å². The maximum Gasteiger partial charge on any atom is 0.308 e. The van der Waals surface area contributed by atoms with Gasteiger partial charge in [0.2, 0.25) is 0 Å². The first kappa shape index (κ1) is 16.3. The number of aryl methyl sites for hydroxylation is 2. The van der Waals surface area contributed by atoms with E-state index < -0.39 is 0 Å². The van der Waals surface area contributed by atoms with Crippen LogP contribution in [0.1, 0.15) is 43.7 Å². The molecule has 2 heteroatoms. The Balaban J connectivity index is 1.59. The number of carbonyl (C=O) groups excluding carboxylic acids is 1. The van der Waals surface area contributed by atoms with E-state index in [9.17, 15) is 4.79 Å². The predicted molar refractivity (Wildman–Crippen MR) is 90.1 cm³/mol. The third kappa shape index (κ3) is 6.13. The van der Waals surface area contributed by atoms with Crippen LogP contribution in [0.3, 0.4) is 0 Å². The van der Waals surface area contributed by atoms with Gasteiger partial charge in [-0.3, -0.25) is 4.79 Å². The van der Waals surface area contributed by atoms with Crippen LogP contribution in [0.25, 0.3) is 0 Å². The van der Waals surface area contributed by atoms with Crippen molar-refractivity contribution in [2.45, 2.75) is 45.4 Å². The Bertz CT molecular complexity index is 558. The Morgan fingerprint density at radius 1 is 0.773 bits per heavy atom. The van der Waals surface area contributed by atoms with Gasteiger partial charge in [0.25, 0.3) is 0 Å². The number of benzene rings is 2. The summed E-state index contributed by atoms with van der Waals surface area (Å²) in [6.07, 6.45) is 7.28. The first-order valence-corrected chi connectivity index (χ1v) is 8.05. The molecule has 0 unspecified atom stereocenters. The lowest BCUT2D eigenvalue weighted by Gasteiger charge is -2.05. The van der Waals surface area contributed by atoms with Crippen LogP contribution in [0, 0.1) is 0 Å². The Kier molecular flexibility index (Phi) is 6.69. The van der Waals surface area contributed by atoms with E-state index in [4.69, 9.17) is 4.74 Å². The highest BCUT2D eigenvalue weighted by atomic mass is 16.5. The zero-order chi connectivity index (χ0) is 15.6. The number of hydrogen-bond acceptors (Lipinski definition) is 2. The van der Waals surface area contributed by atoms with E-state index in [0.717, 1.165) is 6.42 Å². The van der Waals surface area contributed by atoms with Gasteiger partial charge in [0.05, 0.1) is 0 Å². The van der Waals surface area contributed by atoms with Crippen LogP contribution in [-0.2, 0) is 17.6 Å². The van der Waals surface area contributed by atoms with E-state index in [1.165, 1.54) is 50.2 Å². The molecule has 116 valence electrons. The summed E-state index contributed by atoms with van der Waals surface area (Å²) in [6, 6.07) is 18.5. The lowest BCUT2D eigenvalue weighted by Crippen LogP contribution is -2.01. The van der Waals surface area contributed by atoms with E-state index in [2.05, 4.69) is 30.3 Å². The van der Waals surface area contributed by atoms with Gasteiger partial charge in [0.15, 0.2) is 0 Å². The standard InChI is InChI=1S/C20H24O2/c1-17(21)22-20-15-13-19(14-16-20)12-6-3-2-5-9-18-10-7-4-8-11-18/h4,7-8,10-11,13-16H,2-3,5-6,9,12H2,1H3. The van der Waals surface area contributed by atoms with Crippen LogP contribution >= 0.6 is 0 Å². The topological polar surface area (TPSA) is 26.3 Å². The summed E-state index contributed by atoms with van der Waals surface area (Å²) >= 11 is 0. The number of carbonyl (C=O) groups is 1. The zero-order valence-corrected chi connectivity index (χ0v) is 13.3. The van der Waals surface area contributed by atoms with Crippen molar-refractivity contribution in [3.8, 4) is 5.75 Å². The maximum atomic E-state index is 10.9. The van der Waals surface area contributed by atoms with Gasteiger partial charge < -0.3 is 4.74 Å². The normalized spacial score (nSPS) is 10.4. The first-order chi connectivity index (χ1) is 10.7. The van der Waals surface area contributed by atoms with Crippen molar-refractivity contribution in [1.82, 2.24) is 0 Å². The molecule has 0 heterocycles. The summed E-state index contributed by atoms with van der Waals surface area (Å²) < 4.78 is 5.03. The predicted octanol–water partition coefficient (Wildman–Crippen LogP) is 4.96. The summed E-state index contributed by atoms with van der Waals surface area (Å²) in [4.78, 5) is 10.9. The minimum Gasteiger partial charge on any atom is -0.427 e. The van der Waals surface area contributed by atoms with Gasteiger partial charge >= 0.3 is 5.97 Å². The fourth-order valence-electron chi connectivity index (χ4n) is 2.55. The minimum atomic E-state index is -0.272. The van der Waals surface area contributed by atoms with Crippen molar-refractivity contribution >= 4 is 5.97 Å². The third-order valence-electron chi connectivity index (χ3n) is 3.71. The van der Waals surface area contributed by atoms with Crippen molar-refractivity contribution < 1.29 is 9.53 Å². The van der Waals surface area contributed by atoms with Crippen molar-refractivity contribution in [3.05, 3.63) is 65.7 Å². The van der Waals surface area contributed by atoms with Crippen molar-refractivity contribution in [2.75, 3.05) is 0 Å². The first-order valence-electron chi connectivity index (χ1n) is 8.05. The van der Waals surface area contributed by atoms with E-state index >= 15 is 0 Å². The Morgan fingerprint density at radius 2 is 1.32 bits per heavy atom. The lowest BCUT2D eigenvalue weighted by molar-refractivity contribution is -0.131. The van der Waals surface area contributed by atoms with Crippen LogP contribution in [-0.4, -0.2) is 5.97 Å². The maximum absolute atomic E-state index is 10.9. The van der Waals surface area contributed by atoms with Gasteiger partial charge in [-0.1, -0.05) is 55.3 Å². The highest BCUT2D eigenvalue weighted by Crippen LogP contribution is 2.15. The summed E-state index contributed by atoms with van der Waals surface area (Å²) in [6.45, 7) is 1.42. The molecule has 0 amide bonds. The molecule has 0 N–H and O–H groups in total. The van der Waals surface area contributed by atoms with E-state index in [0.29, 0.717) is 5.75 Å². The highest BCUT2D eigenvalue weighted by Gasteiger charge is 1.99. The molecule has 2 aromatic carbocycles. The molecule has 2 rings (SSSR count). The van der Waals surface area contributed by atoms with E-state index in [1.807, 2.05) is 24.3 Å². The number of unbranched alkanes of at least 4 members (excludes halogenated alkanes) is 3. The third-order valence-corrected chi connectivity index (χ3v) is 3.71. The molecule has 0 radical (unpaired) electrons. The van der Waals surface area contributed by atoms with Crippen LogP contribution in [0.15, 0.2) is 54.6 Å². The van der Waals surface area contributed by atoms with Gasteiger partial charge in [0.1, 0.15) is 5.75 Å². The zero-order valence-electron chi connectivity index (χ0n) is 13.3. The molecule has 2 aromatic rings. The van der Waals surface area contributed by atoms with Gasteiger partial charge in [-0.15, -0.1) is 0 Å². The van der Waals surface area contributed by atoms with Crippen molar-refractivity contribution in [1.29, 1.82) is 0 Å². The molecule has 0 aliphatic rings. The number of ether oxygens (including phenoxy) is 1. The molecule has 0 aliphatic carbocycles. The van der Waals surface area contributed by atoms with Crippen LogP contribution < -0.4 is 4.74 Å². The lowest BCUT2D eigenvalue weighted by atomic mass is 10.0. The fourth-order valence-corrected chi connectivity index (χ4v) is 2.55. The summed E-state index contributed by atoms with van der Waals surface area (Å²) in [5.74, 6) is 0.352. The molecule has 0 aliphatic heterocycles. The number of esters is 1. The van der Waals surface area contributed by atoms with Crippen LogP contribution in [0.4, 0.5) is 0 Å². The average molecular weight is 296 g/mol. The number of hydrogen-bond donors (Lipinski definition) is 0. The minimum absolute atomic E-state index is 0.272. The molecule has 0 fully saturated rings. The summed E-state index contributed by atoms with van der Waals surface area (Å²) in [5.41, 5.74) is 2.74. The summed E-state index contributed by atoms with van der Waals surface area (Å²) in [5, 5.41) is 0.